The summed E-state index contributed by atoms with van der Waals surface area (Å²) in [5, 5.41) is 0. The van der Waals surface area contributed by atoms with Crippen LogP contribution in [0.4, 0.5) is 0 Å². The first kappa shape index (κ1) is 6.04. The SMILES string of the molecule is NC1=CC=C2SC=NC2C1. The van der Waals surface area contributed by atoms with Crippen molar-refractivity contribution >= 4 is 17.3 Å². The highest BCUT2D eigenvalue weighted by atomic mass is 32.2. The van der Waals surface area contributed by atoms with Gasteiger partial charge in [0.1, 0.15) is 0 Å². The monoisotopic (exact) mass is 152 g/mol. The van der Waals surface area contributed by atoms with E-state index >= 15 is 0 Å². The van der Waals surface area contributed by atoms with Crippen molar-refractivity contribution in [2.24, 2.45) is 10.7 Å². The number of allylic oxidation sites excluding steroid dienone is 2. The maximum absolute atomic E-state index is 5.62. The highest BCUT2D eigenvalue weighted by molar-refractivity contribution is 8.15. The van der Waals surface area contributed by atoms with E-state index in [-0.39, 0.29) is 0 Å². The van der Waals surface area contributed by atoms with Gasteiger partial charge in [0.2, 0.25) is 0 Å². The molecule has 0 radical (unpaired) electrons. The average Bonchev–Trinajstić information content (AvgIpc) is 2.33. The highest BCUT2D eigenvalue weighted by Gasteiger charge is 2.20. The number of fused-ring (bicyclic) bond motifs is 1. The summed E-state index contributed by atoms with van der Waals surface area (Å²) in [6.07, 6.45) is 4.92. The minimum Gasteiger partial charge on any atom is -0.402 e. The number of aliphatic imine (C=N–C) groups is 1. The van der Waals surface area contributed by atoms with Gasteiger partial charge in [-0.2, -0.15) is 0 Å². The third kappa shape index (κ3) is 0.865. The number of nitrogens with two attached hydrogens (primary N) is 1. The standard InChI is InChI=1S/C7H8N2S/c8-5-1-2-7-6(3-5)9-4-10-7/h1-2,4,6H,3,8H2. The predicted molar refractivity (Wildman–Crippen MR) is 44.8 cm³/mol. The molecule has 1 aliphatic carbocycles. The van der Waals surface area contributed by atoms with Gasteiger partial charge >= 0.3 is 0 Å². The maximum atomic E-state index is 5.62. The molecule has 1 aliphatic heterocycles. The Hall–Kier alpha value is -0.700. The molecule has 3 heteroatoms. The van der Waals surface area contributed by atoms with E-state index in [4.69, 9.17) is 5.73 Å². The molecule has 0 spiro atoms. The molecule has 0 amide bonds. The van der Waals surface area contributed by atoms with Gasteiger partial charge in [0, 0.05) is 17.0 Å². The first-order valence-electron chi connectivity index (χ1n) is 3.21. The van der Waals surface area contributed by atoms with Crippen LogP contribution in [0.25, 0.3) is 0 Å². The van der Waals surface area contributed by atoms with Crippen molar-refractivity contribution < 1.29 is 0 Å². The molecule has 0 aromatic heterocycles. The lowest BCUT2D eigenvalue weighted by molar-refractivity contribution is 0.785. The van der Waals surface area contributed by atoms with Gasteiger partial charge in [-0.3, -0.25) is 4.99 Å². The molecule has 0 aromatic rings. The van der Waals surface area contributed by atoms with Crippen molar-refractivity contribution in [2.75, 3.05) is 0 Å². The molecule has 0 saturated carbocycles. The van der Waals surface area contributed by atoms with Crippen LogP contribution in [-0.2, 0) is 0 Å². The van der Waals surface area contributed by atoms with Crippen LogP contribution in [0, 0.1) is 0 Å². The number of hydrogen-bond acceptors (Lipinski definition) is 3. The molecule has 0 saturated heterocycles. The smallest absolute Gasteiger partial charge is 0.0871 e. The first-order valence-corrected chi connectivity index (χ1v) is 4.09. The average molecular weight is 152 g/mol. The Balaban J connectivity index is 2.28. The Morgan fingerprint density at radius 3 is 3.40 bits per heavy atom. The largest absolute Gasteiger partial charge is 0.402 e. The van der Waals surface area contributed by atoms with Crippen molar-refractivity contribution in [3.8, 4) is 0 Å². The Morgan fingerprint density at radius 2 is 2.50 bits per heavy atom. The van der Waals surface area contributed by atoms with Crippen molar-refractivity contribution in [1.29, 1.82) is 0 Å². The molecule has 2 aliphatic rings. The summed E-state index contributed by atoms with van der Waals surface area (Å²) < 4.78 is 0. The highest BCUT2D eigenvalue weighted by Crippen LogP contribution is 2.32. The van der Waals surface area contributed by atoms with Crippen LogP contribution < -0.4 is 5.73 Å². The van der Waals surface area contributed by atoms with Gasteiger partial charge < -0.3 is 5.73 Å². The lowest BCUT2D eigenvalue weighted by atomic mass is 10.1. The third-order valence-corrected chi connectivity index (χ3v) is 2.56. The molecule has 0 aromatic carbocycles. The van der Waals surface area contributed by atoms with Crippen molar-refractivity contribution in [1.82, 2.24) is 0 Å². The molecule has 2 rings (SSSR count). The van der Waals surface area contributed by atoms with Crippen LogP contribution in [0.5, 0.6) is 0 Å². The zero-order valence-electron chi connectivity index (χ0n) is 5.45. The van der Waals surface area contributed by atoms with E-state index in [1.54, 1.807) is 11.8 Å². The number of thioether (sulfide) groups is 1. The van der Waals surface area contributed by atoms with Gasteiger partial charge in [-0.1, -0.05) is 11.8 Å². The molecule has 2 nitrogen and oxygen atoms in total. The van der Waals surface area contributed by atoms with E-state index in [2.05, 4.69) is 11.1 Å². The summed E-state index contributed by atoms with van der Waals surface area (Å²) in [6, 6.07) is 0.343. The second kappa shape index (κ2) is 2.16. The van der Waals surface area contributed by atoms with E-state index in [0.717, 1.165) is 12.1 Å². The second-order valence-corrected chi connectivity index (χ2v) is 3.32. The van der Waals surface area contributed by atoms with Gasteiger partial charge in [0.15, 0.2) is 0 Å². The third-order valence-electron chi connectivity index (χ3n) is 1.65. The number of rotatable bonds is 0. The minimum atomic E-state index is 0.343. The molecule has 1 unspecified atom stereocenters. The van der Waals surface area contributed by atoms with Gasteiger partial charge in [-0.05, 0) is 12.2 Å². The molecular weight excluding hydrogens is 144 g/mol. The summed E-state index contributed by atoms with van der Waals surface area (Å²) in [4.78, 5) is 5.58. The van der Waals surface area contributed by atoms with Crippen LogP contribution in [0.2, 0.25) is 0 Å². The minimum absolute atomic E-state index is 0.343. The first-order chi connectivity index (χ1) is 4.86. The van der Waals surface area contributed by atoms with Crippen molar-refractivity contribution in [2.45, 2.75) is 12.5 Å². The predicted octanol–water partition coefficient (Wildman–Crippen LogP) is 1.26. The number of hydrogen-bond donors (Lipinski definition) is 1. The van der Waals surface area contributed by atoms with Crippen LogP contribution >= 0.6 is 11.8 Å². The molecule has 2 N–H and O–H groups in total. The van der Waals surface area contributed by atoms with E-state index in [9.17, 15) is 0 Å². The zero-order valence-corrected chi connectivity index (χ0v) is 6.27. The van der Waals surface area contributed by atoms with Crippen LogP contribution in [0.1, 0.15) is 6.42 Å². The quantitative estimate of drug-likeness (QED) is 0.567. The Morgan fingerprint density at radius 1 is 1.60 bits per heavy atom. The normalized spacial score (nSPS) is 29.4. The molecule has 52 valence electrons. The Bertz CT molecular complexity index is 240. The lowest BCUT2D eigenvalue weighted by Gasteiger charge is -2.12. The van der Waals surface area contributed by atoms with Gasteiger partial charge in [0.05, 0.1) is 11.6 Å². The summed E-state index contributed by atoms with van der Waals surface area (Å²) in [5.41, 5.74) is 8.45. The van der Waals surface area contributed by atoms with E-state index in [1.807, 2.05) is 11.6 Å². The summed E-state index contributed by atoms with van der Waals surface area (Å²) in [7, 11) is 0. The Kier molecular flexibility index (Phi) is 1.31. The van der Waals surface area contributed by atoms with E-state index < -0.39 is 0 Å². The number of nitrogens with zero attached hydrogens (tertiary/aromatic N) is 1. The fourth-order valence-corrected chi connectivity index (χ4v) is 1.88. The lowest BCUT2D eigenvalue weighted by Crippen LogP contribution is -2.11. The molecule has 0 fully saturated rings. The summed E-state index contributed by atoms with van der Waals surface area (Å²) in [6.45, 7) is 0. The topological polar surface area (TPSA) is 38.4 Å². The van der Waals surface area contributed by atoms with Crippen LogP contribution in [-0.4, -0.2) is 11.6 Å². The Labute approximate surface area is 63.9 Å². The van der Waals surface area contributed by atoms with Crippen LogP contribution in [0.15, 0.2) is 27.7 Å². The zero-order chi connectivity index (χ0) is 6.97. The van der Waals surface area contributed by atoms with E-state index in [1.165, 1.54) is 4.91 Å². The maximum Gasteiger partial charge on any atom is 0.0871 e. The van der Waals surface area contributed by atoms with Crippen molar-refractivity contribution in [3.05, 3.63) is 22.8 Å². The summed E-state index contributed by atoms with van der Waals surface area (Å²) >= 11 is 1.70. The fraction of sp³-hybridized carbons (Fsp3) is 0.286. The molecule has 1 heterocycles. The molecule has 0 bridgehead atoms. The van der Waals surface area contributed by atoms with E-state index in [0.29, 0.717) is 6.04 Å². The van der Waals surface area contributed by atoms with Gasteiger partial charge in [-0.15, -0.1) is 0 Å². The molecule has 1 atom stereocenters. The van der Waals surface area contributed by atoms with Gasteiger partial charge in [-0.25, -0.2) is 0 Å². The van der Waals surface area contributed by atoms with Crippen LogP contribution in [0.3, 0.4) is 0 Å². The fourth-order valence-electron chi connectivity index (χ4n) is 1.10. The molecular formula is C7H8N2S. The van der Waals surface area contributed by atoms with Crippen molar-refractivity contribution in [3.63, 3.8) is 0 Å². The van der Waals surface area contributed by atoms with Gasteiger partial charge in [0.25, 0.3) is 0 Å². The molecule has 10 heavy (non-hydrogen) atoms. The second-order valence-electron chi connectivity index (χ2n) is 2.40. The summed E-state index contributed by atoms with van der Waals surface area (Å²) in [5.74, 6) is 0.